The third-order valence-corrected chi connectivity index (χ3v) is 3.28. The quantitative estimate of drug-likeness (QED) is 0.843. The second-order valence-corrected chi connectivity index (χ2v) is 5.05. The van der Waals surface area contributed by atoms with Crippen LogP contribution in [0.2, 0.25) is 0 Å². The van der Waals surface area contributed by atoms with Crippen LogP contribution in [0.3, 0.4) is 0 Å². The van der Waals surface area contributed by atoms with Crippen molar-refractivity contribution in [2.75, 3.05) is 19.8 Å². The smallest absolute Gasteiger partial charge is 0.234 e. The largest absolute Gasteiger partial charge is 0.381 e. The molecular weight excluding hydrogens is 240 g/mol. The molecule has 4 nitrogen and oxygen atoms in total. The second kappa shape index (κ2) is 7.26. The van der Waals surface area contributed by atoms with Gasteiger partial charge in [0.05, 0.1) is 6.54 Å². The second-order valence-electron chi connectivity index (χ2n) is 5.05. The summed E-state index contributed by atoms with van der Waals surface area (Å²) in [5.74, 6) is 0.0690. The van der Waals surface area contributed by atoms with E-state index in [1.807, 2.05) is 6.07 Å². The zero-order valence-electron chi connectivity index (χ0n) is 11.4. The maximum Gasteiger partial charge on any atom is 0.234 e. The van der Waals surface area contributed by atoms with Crippen molar-refractivity contribution in [3.8, 4) is 0 Å². The van der Waals surface area contributed by atoms with Gasteiger partial charge in [-0.05, 0) is 25.3 Å². The van der Waals surface area contributed by atoms with Crippen molar-refractivity contribution in [3.05, 3.63) is 35.4 Å². The summed E-state index contributed by atoms with van der Waals surface area (Å²) in [6, 6.07) is 8.58. The lowest BCUT2D eigenvalue weighted by molar-refractivity contribution is -0.121. The van der Waals surface area contributed by atoms with Crippen LogP contribution in [-0.4, -0.2) is 31.7 Å². The molecule has 0 unspecified atom stereocenters. The molecule has 0 spiro atoms. The van der Waals surface area contributed by atoms with Crippen LogP contribution in [-0.2, 0) is 16.1 Å². The number of hydrogen-bond donors (Lipinski definition) is 2. The van der Waals surface area contributed by atoms with Crippen LogP contribution in [0.15, 0.2) is 24.3 Å². The standard InChI is InChI=1S/C15H22N2O2/c1-12-3-2-4-13(9-12)10-16-11-15(18)17-14-5-7-19-8-6-14/h2-4,9,14,16H,5-8,10-11H2,1H3,(H,17,18). The first-order chi connectivity index (χ1) is 9.24. The fraction of sp³-hybridized carbons (Fsp3) is 0.533. The van der Waals surface area contributed by atoms with Gasteiger partial charge in [-0.15, -0.1) is 0 Å². The van der Waals surface area contributed by atoms with Crippen molar-refractivity contribution in [1.29, 1.82) is 0 Å². The minimum absolute atomic E-state index is 0.0690. The van der Waals surface area contributed by atoms with Crippen LogP contribution < -0.4 is 10.6 Å². The number of benzene rings is 1. The number of hydrogen-bond acceptors (Lipinski definition) is 3. The highest BCUT2D eigenvalue weighted by Crippen LogP contribution is 2.06. The normalized spacial score (nSPS) is 16.3. The Morgan fingerprint density at radius 1 is 1.37 bits per heavy atom. The lowest BCUT2D eigenvalue weighted by Crippen LogP contribution is -2.42. The molecule has 0 aromatic heterocycles. The summed E-state index contributed by atoms with van der Waals surface area (Å²) >= 11 is 0. The first-order valence-corrected chi connectivity index (χ1v) is 6.87. The van der Waals surface area contributed by atoms with E-state index in [2.05, 4.69) is 35.8 Å². The zero-order valence-corrected chi connectivity index (χ0v) is 11.4. The van der Waals surface area contributed by atoms with Gasteiger partial charge in [0.1, 0.15) is 0 Å². The minimum Gasteiger partial charge on any atom is -0.381 e. The van der Waals surface area contributed by atoms with Gasteiger partial charge in [0, 0.05) is 25.8 Å². The Morgan fingerprint density at radius 3 is 2.89 bits per heavy atom. The molecule has 1 aromatic carbocycles. The Balaban J connectivity index is 1.66. The summed E-state index contributed by atoms with van der Waals surface area (Å²) in [4.78, 5) is 11.8. The van der Waals surface area contributed by atoms with Crippen LogP contribution in [0.1, 0.15) is 24.0 Å². The molecule has 1 saturated heterocycles. The van der Waals surface area contributed by atoms with Crippen molar-refractivity contribution >= 4 is 5.91 Å². The minimum atomic E-state index is 0.0690. The first-order valence-electron chi connectivity index (χ1n) is 6.87. The average molecular weight is 262 g/mol. The van der Waals surface area contributed by atoms with Gasteiger partial charge in [0.15, 0.2) is 0 Å². The number of nitrogens with one attached hydrogen (secondary N) is 2. The van der Waals surface area contributed by atoms with E-state index in [0.717, 1.165) is 32.6 Å². The van der Waals surface area contributed by atoms with Gasteiger partial charge in [0.2, 0.25) is 5.91 Å². The maximum absolute atomic E-state index is 11.8. The Bertz CT molecular complexity index is 414. The molecule has 19 heavy (non-hydrogen) atoms. The predicted molar refractivity (Wildman–Crippen MR) is 74.9 cm³/mol. The van der Waals surface area contributed by atoms with E-state index >= 15 is 0 Å². The molecule has 104 valence electrons. The summed E-state index contributed by atoms with van der Waals surface area (Å²) in [6.45, 7) is 4.67. The van der Waals surface area contributed by atoms with Crippen LogP contribution in [0.4, 0.5) is 0 Å². The summed E-state index contributed by atoms with van der Waals surface area (Å²) < 4.78 is 5.26. The molecule has 1 amide bonds. The molecule has 0 saturated carbocycles. The number of aryl methyl sites for hydroxylation is 1. The maximum atomic E-state index is 11.8. The van der Waals surface area contributed by atoms with Crippen molar-refractivity contribution in [3.63, 3.8) is 0 Å². The van der Waals surface area contributed by atoms with E-state index in [1.54, 1.807) is 0 Å². The highest BCUT2D eigenvalue weighted by molar-refractivity contribution is 5.78. The van der Waals surface area contributed by atoms with Crippen LogP contribution in [0.5, 0.6) is 0 Å². The van der Waals surface area contributed by atoms with Gasteiger partial charge >= 0.3 is 0 Å². The van der Waals surface area contributed by atoms with Crippen molar-refractivity contribution < 1.29 is 9.53 Å². The van der Waals surface area contributed by atoms with Crippen molar-refractivity contribution in [2.45, 2.75) is 32.4 Å². The fourth-order valence-corrected chi connectivity index (χ4v) is 2.26. The van der Waals surface area contributed by atoms with Crippen molar-refractivity contribution in [2.24, 2.45) is 0 Å². The molecule has 0 bridgehead atoms. The molecule has 0 radical (unpaired) electrons. The third-order valence-electron chi connectivity index (χ3n) is 3.28. The summed E-state index contributed by atoms with van der Waals surface area (Å²) in [6.07, 6.45) is 1.84. The van der Waals surface area contributed by atoms with Crippen molar-refractivity contribution in [1.82, 2.24) is 10.6 Å². The molecular formula is C15H22N2O2. The lowest BCUT2D eigenvalue weighted by Gasteiger charge is -2.23. The van der Waals surface area contributed by atoms with Crippen LogP contribution in [0.25, 0.3) is 0 Å². The monoisotopic (exact) mass is 262 g/mol. The van der Waals surface area contributed by atoms with Crippen LogP contribution in [0, 0.1) is 6.92 Å². The van der Waals surface area contributed by atoms with Crippen LogP contribution >= 0.6 is 0 Å². The zero-order chi connectivity index (χ0) is 13.5. The van der Waals surface area contributed by atoms with Gasteiger partial charge in [-0.3, -0.25) is 4.79 Å². The lowest BCUT2D eigenvalue weighted by atomic mass is 10.1. The molecule has 0 atom stereocenters. The first kappa shape index (κ1) is 14.0. The molecule has 1 aliphatic heterocycles. The molecule has 2 N–H and O–H groups in total. The Labute approximate surface area is 114 Å². The van der Waals surface area contributed by atoms with Gasteiger partial charge in [0.25, 0.3) is 0 Å². The van der Waals surface area contributed by atoms with E-state index in [1.165, 1.54) is 11.1 Å². The third kappa shape index (κ3) is 5.01. The Morgan fingerprint density at radius 2 is 2.16 bits per heavy atom. The average Bonchev–Trinajstić information content (AvgIpc) is 2.40. The summed E-state index contributed by atoms with van der Waals surface area (Å²) in [5.41, 5.74) is 2.45. The molecule has 1 fully saturated rings. The molecule has 0 aliphatic carbocycles. The summed E-state index contributed by atoms with van der Waals surface area (Å²) in [5, 5.41) is 6.21. The van der Waals surface area contributed by atoms with E-state index in [4.69, 9.17) is 4.74 Å². The van der Waals surface area contributed by atoms with Gasteiger partial charge in [-0.25, -0.2) is 0 Å². The SMILES string of the molecule is Cc1cccc(CNCC(=O)NC2CCOCC2)c1. The molecule has 2 rings (SSSR count). The number of carbonyl (C=O) groups excluding carboxylic acids is 1. The van der Waals surface area contributed by atoms with E-state index in [-0.39, 0.29) is 11.9 Å². The number of ether oxygens (including phenoxy) is 1. The van der Waals surface area contributed by atoms with Gasteiger partial charge in [-0.1, -0.05) is 29.8 Å². The number of amides is 1. The van der Waals surface area contributed by atoms with Gasteiger partial charge in [-0.2, -0.15) is 0 Å². The van der Waals surface area contributed by atoms with E-state index < -0.39 is 0 Å². The fourth-order valence-electron chi connectivity index (χ4n) is 2.26. The highest BCUT2D eigenvalue weighted by Gasteiger charge is 2.15. The topological polar surface area (TPSA) is 50.4 Å². The highest BCUT2D eigenvalue weighted by atomic mass is 16.5. The Kier molecular flexibility index (Phi) is 5.36. The molecule has 4 heteroatoms. The number of rotatable bonds is 5. The predicted octanol–water partition coefficient (Wildman–Crippen LogP) is 1.38. The Hall–Kier alpha value is -1.39. The summed E-state index contributed by atoms with van der Waals surface area (Å²) in [7, 11) is 0. The molecule has 1 aromatic rings. The molecule has 1 aliphatic rings. The van der Waals surface area contributed by atoms with Gasteiger partial charge < -0.3 is 15.4 Å². The van der Waals surface area contributed by atoms with E-state index in [0.29, 0.717) is 6.54 Å². The number of carbonyl (C=O) groups is 1. The molecule has 1 heterocycles. The van der Waals surface area contributed by atoms with E-state index in [9.17, 15) is 4.79 Å².